The molecule has 8 heteroatoms. The number of carbonyl (C=O) groups is 2. The second kappa shape index (κ2) is 6.91. The minimum Gasteiger partial charge on any atom is -0.345 e. The summed E-state index contributed by atoms with van der Waals surface area (Å²) in [5.41, 5.74) is 5.44. The number of benzene rings is 1. The smallest absolute Gasteiger partial charge is 0.262 e. The van der Waals surface area contributed by atoms with Gasteiger partial charge in [0.25, 0.3) is 11.5 Å². The van der Waals surface area contributed by atoms with E-state index < -0.39 is 11.9 Å². The molecule has 0 radical (unpaired) electrons. The number of rotatable bonds is 5. The second-order valence-electron chi connectivity index (χ2n) is 5.04. The van der Waals surface area contributed by atoms with Gasteiger partial charge < -0.3 is 5.32 Å². The summed E-state index contributed by atoms with van der Waals surface area (Å²) in [4.78, 5) is 39.6. The molecule has 3 N–H and O–H groups in total. The quantitative estimate of drug-likeness (QED) is 0.692. The average molecular weight is 317 g/mol. The summed E-state index contributed by atoms with van der Waals surface area (Å²) >= 11 is 0. The maximum atomic E-state index is 12.4. The predicted molar refractivity (Wildman–Crippen MR) is 86.7 cm³/mol. The fourth-order valence-electron chi connectivity index (χ4n) is 2.15. The molecule has 0 aliphatic carbocycles. The first-order valence-corrected chi connectivity index (χ1v) is 7.26. The summed E-state index contributed by atoms with van der Waals surface area (Å²) in [6.45, 7) is 5.09. The Kier molecular flexibility index (Phi) is 4.95. The highest BCUT2D eigenvalue weighted by molar-refractivity contribution is 5.87. The summed E-state index contributed by atoms with van der Waals surface area (Å²) in [6.07, 6.45) is 0. The minimum atomic E-state index is -0.706. The maximum Gasteiger partial charge on any atom is 0.262 e. The van der Waals surface area contributed by atoms with Crippen molar-refractivity contribution in [3.8, 4) is 0 Å². The first-order chi connectivity index (χ1) is 10.9. The van der Waals surface area contributed by atoms with Gasteiger partial charge in [0, 0.05) is 13.5 Å². The number of nitrogens with zero attached hydrogens (tertiary/aromatic N) is 2. The molecule has 1 atom stereocenters. The van der Waals surface area contributed by atoms with Gasteiger partial charge in [-0.1, -0.05) is 12.1 Å². The van der Waals surface area contributed by atoms with Crippen molar-refractivity contribution in [3.05, 3.63) is 34.6 Å². The van der Waals surface area contributed by atoms with E-state index in [-0.39, 0.29) is 17.4 Å². The van der Waals surface area contributed by atoms with E-state index in [4.69, 9.17) is 0 Å². The van der Waals surface area contributed by atoms with E-state index >= 15 is 0 Å². The van der Waals surface area contributed by atoms with Crippen molar-refractivity contribution in [1.82, 2.24) is 20.3 Å². The van der Waals surface area contributed by atoms with Crippen LogP contribution < -0.4 is 21.7 Å². The van der Waals surface area contributed by atoms with Gasteiger partial charge in [-0.05, 0) is 26.0 Å². The molecule has 2 amide bonds. The summed E-state index contributed by atoms with van der Waals surface area (Å²) in [5, 5.41) is 2.98. The van der Waals surface area contributed by atoms with Crippen LogP contribution in [-0.2, 0) is 16.1 Å². The minimum absolute atomic E-state index is 0.190. The number of hydrazine groups is 1. The van der Waals surface area contributed by atoms with E-state index in [9.17, 15) is 14.4 Å². The first-order valence-electron chi connectivity index (χ1n) is 7.26. The molecule has 2 aromatic rings. The normalized spacial score (nSPS) is 11.8. The first kappa shape index (κ1) is 16.5. The molecule has 0 saturated carbocycles. The van der Waals surface area contributed by atoms with Crippen LogP contribution in [0.4, 0.5) is 5.95 Å². The Morgan fingerprint density at radius 3 is 2.65 bits per heavy atom. The lowest BCUT2D eigenvalue weighted by Crippen LogP contribution is -2.46. The van der Waals surface area contributed by atoms with Gasteiger partial charge in [-0.15, -0.1) is 0 Å². The van der Waals surface area contributed by atoms with Gasteiger partial charge >= 0.3 is 0 Å². The zero-order valence-electron chi connectivity index (χ0n) is 13.2. The number of hydrogen-bond donors (Lipinski definition) is 3. The number of carbonyl (C=O) groups excluding carboxylic acids is 2. The average Bonchev–Trinajstić information content (AvgIpc) is 2.52. The van der Waals surface area contributed by atoms with E-state index in [1.807, 2.05) is 6.92 Å². The van der Waals surface area contributed by atoms with Crippen molar-refractivity contribution < 1.29 is 9.59 Å². The number of anilines is 1. The van der Waals surface area contributed by atoms with Crippen LogP contribution in [-0.4, -0.2) is 27.4 Å². The van der Waals surface area contributed by atoms with Crippen LogP contribution in [0.25, 0.3) is 10.9 Å². The Balaban J connectivity index is 2.24. The highest BCUT2D eigenvalue weighted by Crippen LogP contribution is 2.10. The van der Waals surface area contributed by atoms with Gasteiger partial charge in [-0.25, -0.2) is 4.98 Å². The van der Waals surface area contributed by atoms with Crippen molar-refractivity contribution in [3.63, 3.8) is 0 Å². The monoisotopic (exact) mass is 317 g/mol. The summed E-state index contributed by atoms with van der Waals surface area (Å²) in [5.74, 6) is -0.508. The Labute approximate surface area is 132 Å². The van der Waals surface area contributed by atoms with Crippen molar-refractivity contribution in [2.24, 2.45) is 0 Å². The number of aromatic nitrogens is 2. The maximum absolute atomic E-state index is 12.4. The van der Waals surface area contributed by atoms with Gasteiger partial charge in [0.05, 0.1) is 10.9 Å². The van der Waals surface area contributed by atoms with Gasteiger partial charge in [0.15, 0.2) is 0 Å². The highest BCUT2D eigenvalue weighted by atomic mass is 16.2. The molecule has 0 bridgehead atoms. The van der Waals surface area contributed by atoms with Crippen LogP contribution >= 0.6 is 0 Å². The Morgan fingerprint density at radius 1 is 1.30 bits per heavy atom. The van der Waals surface area contributed by atoms with E-state index in [0.29, 0.717) is 17.4 Å². The van der Waals surface area contributed by atoms with E-state index in [2.05, 4.69) is 21.2 Å². The zero-order valence-corrected chi connectivity index (χ0v) is 13.2. The largest absolute Gasteiger partial charge is 0.345 e. The number of para-hydroxylation sites is 1. The molecule has 1 unspecified atom stereocenters. The van der Waals surface area contributed by atoms with Crippen LogP contribution in [0.1, 0.15) is 20.8 Å². The Bertz CT molecular complexity index is 799. The second-order valence-corrected chi connectivity index (χ2v) is 5.04. The summed E-state index contributed by atoms with van der Waals surface area (Å²) < 4.78 is 1.42. The molecule has 2 rings (SSSR count). The van der Waals surface area contributed by atoms with Crippen LogP contribution in [0, 0.1) is 0 Å². The van der Waals surface area contributed by atoms with Crippen molar-refractivity contribution in [2.45, 2.75) is 33.4 Å². The van der Waals surface area contributed by atoms with Crippen molar-refractivity contribution in [2.75, 3.05) is 5.43 Å². The van der Waals surface area contributed by atoms with Crippen molar-refractivity contribution >= 4 is 28.7 Å². The van der Waals surface area contributed by atoms with E-state index in [0.717, 1.165) is 0 Å². The Hall–Kier alpha value is -2.90. The summed E-state index contributed by atoms with van der Waals surface area (Å²) in [6, 6.07) is 6.28. The van der Waals surface area contributed by atoms with Crippen LogP contribution in [0.3, 0.4) is 0 Å². The number of amides is 2. The van der Waals surface area contributed by atoms with Crippen molar-refractivity contribution in [1.29, 1.82) is 0 Å². The van der Waals surface area contributed by atoms with Gasteiger partial charge in [-0.3, -0.25) is 29.8 Å². The lowest BCUT2D eigenvalue weighted by molar-refractivity contribution is -0.127. The topological polar surface area (TPSA) is 105 Å². The van der Waals surface area contributed by atoms with E-state index in [1.54, 1.807) is 31.2 Å². The molecule has 1 aromatic carbocycles. The SMILES string of the molecule is CCn1c(NNC(=O)C(C)NC(C)=O)nc2ccccc2c1=O. The molecule has 0 fully saturated rings. The van der Waals surface area contributed by atoms with Crippen LogP contribution in [0.5, 0.6) is 0 Å². The molecule has 0 aliphatic heterocycles. The lowest BCUT2D eigenvalue weighted by atomic mass is 10.2. The Morgan fingerprint density at radius 2 is 2.00 bits per heavy atom. The third kappa shape index (κ3) is 3.65. The number of fused-ring (bicyclic) bond motifs is 1. The van der Waals surface area contributed by atoms with Crippen LogP contribution in [0.15, 0.2) is 29.1 Å². The molecule has 0 spiro atoms. The number of hydrogen-bond acceptors (Lipinski definition) is 5. The molecule has 1 heterocycles. The third-order valence-corrected chi connectivity index (χ3v) is 3.29. The van der Waals surface area contributed by atoms with Gasteiger partial charge in [-0.2, -0.15) is 0 Å². The fourth-order valence-corrected chi connectivity index (χ4v) is 2.15. The molecular weight excluding hydrogens is 298 g/mol. The standard InChI is InChI=1S/C15H19N5O3/c1-4-20-14(23)11-7-5-6-8-12(11)17-15(20)19-18-13(22)9(2)16-10(3)21/h5-9H,4H2,1-3H3,(H,16,21)(H,17,19)(H,18,22). The molecule has 122 valence electrons. The van der Waals surface area contributed by atoms with E-state index in [1.165, 1.54) is 11.5 Å². The summed E-state index contributed by atoms with van der Waals surface area (Å²) in [7, 11) is 0. The third-order valence-electron chi connectivity index (χ3n) is 3.29. The highest BCUT2D eigenvalue weighted by Gasteiger charge is 2.15. The lowest BCUT2D eigenvalue weighted by Gasteiger charge is -2.16. The molecule has 0 aliphatic rings. The van der Waals surface area contributed by atoms with Gasteiger partial charge in [0.1, 0.15) is 6.04 Å². The van der Waals surface area contributed by atoms with Crippen LogP contribution in [0.2, 0.25) is 0 Å². The number of nitrogens with one attached hydrogen (secondary N) is 3. The van der Waals surface area contributed by atoms with Gasteiger partial charge in [0.2, 0.25) is 11.9 Å². The predicted octanol–water partition coefficient (Wildman–Crippen LogP) is 0.384. The molecule has 1 aromatic heterocycles. The molecule has 0 saturated heterocycles. The molecular formula is C15H19N5O3. The molecule has 23 heavy (non-hydrogen) atoms. The fraction of sp³-hybridized carbons (Fsp3) is 0.333. The zero-order chi connectivity index (χ0) is 17.0. The molecule has 8 nitrogen and oxygen atoms in total.